The monoisotopic (exact) mass is 399 g/mol. The standard InChI is InChI=1S/C21H21NO5S/c23-19-10-3-4-11-20(19)27-21(24)16-7-5-8-17(14-16)28(25,26)22-13-12-15-6-1-2-9-18(15)22/h1-2,5-9,14,20H,3-4,10-13H2/t20-/m1/s1. The largest absolute Gasteiger partial charge is 0.451 e. The molecule has 1 aliphatic carbocycles. The second kappa shape index (κ2) is 7.39. The molecule has 1 fully saturated rings. The highest BCUT2D eigenvalue weighted by Gasteiger charge is 2.31. The number of esters is 1. The number of sulfonamides is 1. The van der Waals surface area contributed by atoms with Crippen molar-refractivity contribution in [2.75, 3.05) is 10.8 Å². The molecule has 4 rings (SSSR count). The van der Waals surface area contributed by atoms with Crippen LogP contribution in [0.2, 0.25) is 0 Å². The first-order chi connectivity index (χ1) is 13.5. The first-order valence-electron chi connectivity index (χ1n) is 9.41. The average molecular weight is 399 g/mol. The SMILES string of the molecule is O=C(O[C@@H]1CCCCC1=O)c1cccc(S(=O)(=O)N2CCc3ccccc32)c1. The number of benzene rings is 2. The highest BCUT2D eigenvalue weighted by atomic mass is 32.2. The molecule has 0 amide bonds. The Labute approximate surface area is 164 Å². The van der Waals surface area contributed by atoms with Crippen LogP contribution in [0.4, 0.5) is 5.69 Å². The number of carbonyl (C=O) groups excluding carboxylic acids is 2. The summed E-state index contributed by atoms with van der Waals surface area (Å²) in [5.74, 6) is -0.740. The molecule has 1 atom stereocenters. The van der Waals surface area contributed by atoms with Crippen LogP contribution >= 0.6 is 0 Å². The molecule has 0 unspecified atom stereocenters. The van der Waals surface area contributed by atoms with E-state index in [9.17, 15) is 18.0 Å². The van der Waals surface area contributed by atoms with E-state index in [1.807, 2.05) is 18.2 Å². The lowest BCUT2D eigenvalue weighted by atomic mass is 9.96. The van der Waals surface area contributed by atoms with Crippen LogP contribution in [-0.2, 0) is 26.0 Å². The molecule has 0 saturated heterocycles. The van der Waals surface area contributed by atoms with Crippen LogP contribution < -0.4 is 4.31 Å². The molecular weight excluding hydrogens is 378 g/mol. The van der Waals surface area contributed by atoms with Crippen molar-refractivity contribution in [3.63, 3.8) is 0 Å². The van der Waals surface area contributed by atoms with Crippen molar-refractivity contribution in [3.8, 4) is 0 Å². The quantitative estimate of drug-likeness (QED) is 0.738. The summed E-state index contributed by atoms with van der Waals surface area (Å²) in [6, 6.07) is 13.2. The van der Waals surface area contributed by atoms with Gasteiger partial charge in [0, 0.05) is 13.0 Å². The highest BCUT2D eigenvalue weighted by Crippen LogP contribution is 2.32. The van der Waals surface area contributed by atoms with Crippen LogP contribution in [0.1, 0.15) is 41.6 Å². The molecule has 1 saturated carbocycles. The average Bonchev–Trinajstić information content (AvgIpc) is 3.15. The second-order valence-electron chi connectivity index (χ2n) is 7.09. The smallest absolute Gasteiger partial charge is 0.338 e. The number of hydrogen-bond acceptors (Lipinski definition) is 5. The van der Waals surface area contributed by atoms with Crippen molar-refractivity contribution in [3.05, 3.63) is 59.7 Å². The Morgan fingerprint density at radius 1 is 1.04 bits per heavy atom. The Morgan fingerprint density at radius 3 is 2.68 bits per heavy atom. The lowest BCUT2D eigenvalue weighted by molar-refractivity contribution is -0.129. The van der Waals surface area contributed by atoms with Crippen LogP contribution in [0.15, 0.2) is 53.4 Å². The number of hydrogen-bond donors (Lipinski definition) is 0. The van der Waals surface area contributed by atoms with Crippen molar-refractivity contribution >= 4 is 27.5 Å². The fourth-order valence-corrected chi connectivity index (χ4v) is 5.29. The Morgan fingerprint density at radius 2 is 1.86 bits per heavy atom. The lowest BCUT2D eigenvalue weighted by Gasteiger charge is -2.21. The van der Waals surface area contributed by atoms with E-state index < -0.39 is 22.1 Å². The molecule has 28 heavy (non-hydrogen) atoms. The van der Waals surface area contributed by atoms with Gasteiger partial charge in [-0.1, -0.05) is 24.3 Å². The van der Waals surface area contributed by atoms with Gasteiger partial charge in [-0.2, -0.15) is 0 Å². The van der Waals surface area contributed by atoms with Gasteiger partial charge in [0.1, 0.15) is 0 Å². The number of ether oxygens (including phenoxy) is 1. The Balaban J connectivity index is 1.58. The highest BCUT2D eigenvalue weighted by molar-refractivity contribution is 7.92. The van der Waals surface area contributed by atoms with Crippen molar-refractivity contribution in [1.82, 2.24) is 0 Å². The fraction of sp³-hybridized carbons (Fsp3) is 0.333. The third kappa shape index (κ3) is 3.42. The number of anilines is 1. The molecule has 146 valence electrons. The van der Waals surface area contributed by atoms with Crippen molar-refractivity contribution in [2.24, 2.45) is 0 Å². The molecule has 1 heterocycles. The Kier molecular flexibility index (Phi) is 4.93. The van der Waals surface area contributed by atoms with E-state index in [2.05, 4.69) is 0 Å². The minimum Gasteiger partial charge on any atom is -0.451 e. The van der Waals surface area contributed by atoms with Gasteiger partial charge in [0.15, 0.2) is 11.9 Å². The van der Waals surface area contributed by atoms with E-state index in [1.165, 1.54) is 28.6 Å². The third-order valence-corrected chi connectivity index (χ3v) is 7.06. The molecule has 0 bridgehead atoms. The van der Waals surface area contributed by atoms with E-state index in [0.717, 1.165) is 18.4 Å². The van der Waals surface area contributed by atoms with Gasteiger partial charge in [-0.25, -0.2) is 13.2 Å². The number of nitrogens with zero attached hydrogens (tertiary/aromatic N) is 1. The molecule has 2 aliphatic rings. The van der Waals surface area contributed by atoms with Crippen LogP contribution in [0, 0.1) is 0 Å². The van der Waals surface area contributed by atoms with Gasteiger partial charge >= 0.3 is 5.97 Å². The molecule has 1 aliphatic heterocycles. The van der Waals surface area contributed by atoms with Gasteiger partial charge in [0.05, 0.1) is 16.1 Å². The van der Waals surface area contributed by atoms with E-state index >= 15 is 0 Å². The van der Waals surface area contributed by atoms with Gasteiger partial charge in [-0.15, -0.1) is 0 Å². The number of fused-ring (bicyclic) bond motifs is 1. The Bertz CT molecular complexity index is 1030. The van der Waals surface area contributed by atoms with Gasteiger partial charge in [0.2, 0.25) is 0 Å². The zero-order valence-corrected chi connectivity index (χ0v) is 16.2. The molecule has 0 radical (unpaired) electrons. The minimum absolute atomic E-state index is 0.0358. The van der Waals surface area contributed by atoms with Crippen molar-refractivity contribution < 1.29 is 22.7 Å². The Hall–Kier alpha value is -2.67. The molecule has 0 spiro atoms. The normalized spacial score (nSPS) is 19.4. The number of ketones is 1. The third-order valence-electron chi connectivity index (χ3n) is 5.25. The molecule has 2 aromatic carbocycles. The zero-order valence-electron chi connectivity index (χ0n) is 15.3. The van der Waals surface area contributed by atoms with Crippen LogP contribution in [0.3, 0.4) is 0 Å². The summed E-state index contributed by atoms with van der Waals surface area (Å²) in [7, 11) is -3.79. The number of para-hydroxylation sites is 1. The molecule has 0 aromatic heterocycles. The van der Waals surface area contributed by atoms with Gasteiger partial charge in [0.25, 0.3) is 10.0 Å². The first-order valence-corrected chi connectivity index (χ1v) is 10.9. The summed E-state index contributed by atoms with van der Waals surface area (Å²) in [6.07, 6.45) is 2.52. The first kappa shape index (κ1) is 18.7. The van der Waals surface area contributed by atoms with Crippen LogP contribution in [-0.4, -0.2) is 32.8 Å². The van der Waals surface area contributed by atoms with Crippen molar-refractivity contribution in [1.29, 1.82) is 0 Å². The molecule has 0 N–H and O–H groups in total. The summed E-state index contributed by atoms with van der Waals surface area (Å²) in [5, 5.41) is 0. The summed E-state index contributed by atoms with van der Waals surface area (Å²) in [4.78, 5) is 24.4. The number of carbonyl (C=O) groups is 2. The summed E-state index contributed by atoms with van der Waals surface area (Å²) in [5.41, 5.74) is 1.78. The molecule has 7 heteroatoms. The molecular formula is C21H21NO5S. The maximum Gasteiger partial charge on any atom is 0.338 e. The van der Waals surface area contributed by atoms with E-state index in [4.69, 9.17) is 4.74 Å². The fourth-order valence-electron chi connectivity index (χ4n) is 3.74. The van der Waals surface area contributed by atoms with E-state index in [0.29, 0.717) is 31.5 Å². The summed E-state index contributed by atoms with van der Waals surface area (Å²) < 4.78 is 33.0. The maximum absolute atomic E-state index is 13.1. The predicted molar refractivity (Wildman–Crippen MR) is 104 cm³/mol. The predicted octanol–water partition coefficient (Wildman–Crippen LogP) is 3.11. The zero-order chi connectivity index (χ0) is 19.7. The summed E-state index contributed by atoms with van der Waals surface area (Å²) >= 11 is 0. The number of rotatable bonds is 4. The van der Waals surface area contributed by atoms with Gasteiger partial charge in [-0.05, 0) is 55.5 Å². The van der Waals surface area contributed by atoms with E-state index in [1.54, 1.807) is 6.07 Å². The number of Topliss-reactive ketones (excluding diaryl/α,β-unsaturated/α-hetero) is 1. The van der Waals surface area contributed by atoms with Crippen molar-refractivity contribution in [2.45, 2.75) is 43.1 Å². The molecule has 2 aromatic rings. The second-order valence-corrected chi connectivity index (χ2v) is 8.95. The topological polar surface area (TPSA) is 80.8 Å². The van der Waals surface area contributed by atoms with Crippen LogP contribution in [0.25, 0.3) is 0 Å². The van der Waals surface area contributed by atoms with Gasteiger partial charge < -0.3 is 4.74 Å². The lowest BCUT2D eigenvalue weighted by Crippen LogP contribution is -2.31. The van der Waals surface area contributed by atoms with Gasteiger partial charge in [-0.3, -0.25) is 9.10 Å². The van der Waals surface area contributed by atoms with Crippen LogP contribution in [0.5, 0.6) is 0 Å². The minimum atomic E-state index is -3.79. The summed E-state index contributed by atoms with van der Waals surface area (Å²) in [6.45, 7) is 0.368. The van der Waals surface area contributed by atoms with E-state index in [-0.39, 0.29) is 16.2 Å². The maximum atomic E-state index is 13.1. The molecule has 6 nitrogen and oxygen atoms in total.